The number of esters is 1. The van der Waals surface area contributed by atoms with Gasteiger partial charge in [-0.05, 0) is 74.4 Å². The first-order chi connectivity index (χ1) is 16.1. The van der Waals surface area contributed by atoms with Gasteiger partial charge < -0.3 is 15.0 Å². The lowest BCUT2D eigenvalue weighted by atomic mass is 9.83. The highest BCUT2D eigenvalue weighted by Gasteiger charge is 2.32. The Morgan fingerprint density at radius 1 is 1.00 bits per heavy atom. The van der Waals surface area contributed by atoms with E-state index in [9.17, 15) is 9.59 Å². The van der Waals surface area contributed by atoms with Crippen LogP contribution in [-0.2, 0) is 16.1 Å². The van der Waals surface area contributed by atoms with E-state index in [0.29, 0.717) is 11.5 Å². The highest BCUT2D eigenvalue weighted by atomic mass is 16.5. The maximum absolute atomic E-state index is 13.2. The molecular weight excluding hydrogens is 412 g/mol. The first kappa shape index (κ1) is 23.5. The normalized spacial score (nSPS) is 20.7. The van der Waals surface area contributed by atoms with Crippen LogP contribution in [-0.4, -0.2) is 43.0 Å². The van der Waals surface area contributed by atoms with Gasteiger partial charge in [-0.2, -0.15) is 0 Å². The number of likely N-dealkylation sites (tertiary alicyclic amines) is 1. The molecule has 1 aliphatic heterocycles. The lowest BCUT2D eigenvalue weighted by Gasteiger charge is -2.30. The van der Waals surface area contributed by atoms with E-state index in [1.165, 1.54) is 18.4 Å². The Kier molecular flexibility index (Phi) is 8.16. The monoisotopic (exact) mass is 448 g/mol. The smallest absolute Gasteiger partial charge is 0.329 e. The van der Waals surface area contributed by atoms with Gasteiger partial charge in [-0.25, -0.2) is 4.79 Å². The third kappa shape index (κ3) is 6.44. The van der Waals surface area contributed by atoms with Gasteiger partial charge in [0.2, 0.25) is 0 Å². The molecule has 1 saturated carbocycles. The molecule has 2 aliphatic rings. The molecular formula is C28H36N2O3. The van der Waals surface area contributed by atoms with Crippen LogP contribution >= 0.6 is 0 Å². The van der Waals surface area contributed by atoms with Gasteiger partial charge in [0.25, 0.3) is 5.91 Å². The van der Waals surface area contributed by atoms with Gasteiger partial charge in [-0.3, -0.25) is 4.79 Å². The minimum Gasteiger partial charge on any atom is -0.459 e. The molecule has 1 N–H and O–H groups in total. The summed E-state index contributed by atoms with van der Waals surface area (Å²) < 4.78 is 5.65. The lowest BCUT2D eigenvalue weighted by molar-refractivity contribution is -0.149. The Bertz CT molecular complexity index is 924. The molecule has 1 saturated heterocycles. The molecule has 0 aromatic heterocycles. The van der Waals surface area contributed by atoms with E-state index in [4.69, 9.17) is 4.74 Å². The van der Waals surface area contributed by atoms with Crippen LogP contribution in [0.4, 0.5) is 0 Å². The number of benzene rings is 2. The van der Waals surface area contributed by atoms with Gasteiger partial charge in [0.15, 0.2) is 0 Å². The minimum atomic E-state index is -0.606. The van der Waals surface area contributed by atoms with Crippen LogP contribution in [0.25, 0.3) is 0 Å². The number of rotatable bonds is 7. The number of nitrogens with one attached hydrogen (secondary N) is 1. The fourth-order valence-electron chi connectivity index (χ4n) is 5.25. The van der Waals surface area contributed by atoms with Gasteiger partial charge >= 0.3 is 5.97 Å². The Labute approximate surface area is 197 Å². The lowest BCUT2D eigenvalue weighted by Crippen LogP contribution is -2.47. The highest BCUT2D eigenvalue weighted by Crippen LogP contribution is 2.29. The molecule has 0 bridgehead atoms. The number of hydrogen-bond donors (Lipinski definition) is 1. The van der Waals surface area contributed by atoms with Crippen molar-refractivity contribution in [1.29, 1.82) is 0 Å². The third-order valence-corrected chi connectivity index (χ3v) is 7.13. The summed E-state index contributed by atoms with van der Waals surface area (Å²) in [4.78, 5) is 28.7. The van der Waals surface area contributed by atoms with E-state index in [1.807, 2.05) is 48.5 Å². The molecule has 2 fully saturated rings. The third-order valence-electron chi connectivity index (χ3n) is 7.13. The summed E-state index contributed by atoms with van der Waals surface area (Å²) >= 11 is 0. The molecule has 2 aromatic carbocycles. The zero-order valence-corrected chi connectivity index (χ0v) is 19.7. The van der Waals surface area contributed by atoms with E-state index in [1.54, 1.807) is 0 Å². The minimum absolute atomic E-state index is 0.126. The average molecular weight is 449 g/mol. The summed E-state index contributed by atoms with van der Waals surface area (Å²) in [6.07, 6.45) is 7.58. The average Bonchev–Trinajstić information content (AvgIpc) is 2.87. The molecule has 5 nitrogen and oxygen atoms in total. The Hall–Kier alpha value is -2.66. The van der Waals surface area contributed by atoms with E-state index in [0.717, 1.165) is 50.8 Å². The fourth-order valence-corrected chi connectivity index (χ4v) is 5.25. The van der Waals surface area contributed by atoms with Crippen molar-refractivity contribution in [3.05, 3.63) is 71.3 Å². The van der Waals surface area contributed by atoms with Crippen molar-refractivity contribution >= 4 is 11.9 Å². The number of ether oxygens (including phenoxy) is 1. The molecule has 0 spiro atoms. The quantitative estimate of drug-likeness (QED) is 0.611. The summed E-state index contributed by atoms with van der Waals surface area (Å²) in [5.41, 5.74) is 2.78. The second-order valence-electron chi connectivity index (χ2n) is 9.67. The number of piperidine rings is 1. The van der Waals surface area contributed by atoms with Gasteiger partial charge in [0.05, 0.1) is 0 Å². The molecule has 1 amide bonds. The van der Waals surface area contributed by atoms with Crippen molar-refractivity contribution in [2.75, 3.05) is 20.1 Å². The number of carbonyl (C=O) groups excluding carboxylic acids is 2. The molecule has 4 rings (SSSR count). The molecule has 0 radical (unpaired) electrons. The molecule has 176 valence electrons. The van der Waals surface area contributed by atoms with Crippen LogP contribution in [0.1, 0.15) is 72.3 Å². The predicted octanol–water partition coefficient (Wildman–Crippen LogP) is 4.92. The Balaban J connectivity index is 1.45. The van der Waals surface area contributed by atoms with Crippen molar-refractivity contribution in [3.63, 3.8) is 0 Å². The van der Waals surface area contributed by atoms with E-state index in [-0.39, 0.29) is 24.4 Å². The zero-order chi connectivity index (χ0) is 23.0. The summed E-state index contributed by atoms with van der Waals surface area (Å²) in [7, 11) is 2.15. The fraction of sp³-hybridized carbons (Fsp3) is 0.500. The number of likely N-dealkylation sites (N-methyl/N-ethyl adjacent to an activating group) is 1. The predicted molar refractivity (Wildman–Crippen MR) is 130 cm³/mol. The zero-order valence-electron chi connectivity index (χ0n) is 19.7. The van der Waals surface area contributed by atoms with Crippen molar-refractivity contribution in [3.8, 4) is 0 Å². The number of nitrogens with zero attached hydrogens (tertiary/aromatic N) is 1. The summed E-state index contributed by atoms with van der Waals surface area (Å²) in [6.45, 7) is 2.37. The van der Waals surface area contributed by atoms with Crippen LogP contribution < -0.4 is 5.32 Å². The SMILES string of the molecule is CN1CCCC(c2cccc(C(=O)NC(C(=O)OCc3ccccc3)C3CCCCC3)c2)C1. The van der Waals surface area contributed by atoms with Crippen LogP contribution in [0.2, 0.25) is 0 Å². The van der Waals surface area contributed by atoms with Crippen molar-refractivity contribution < 1.29 is 14.3 Å². The van der Waals surface area contributed by atoms with Crippen molar-refractivity contribution in [2.45, 2.75) is 63.5 Å². The Morgan fingerprint density at radius 3 is 2.55 bits per heavy atom. The van der Waals surface area contributed by atoms with E-state index in [2.05, 4.69) is 23.3 Å². The first-order valence-corrected chi connectivity index (χ1v) is 12.4. The molecule has 5 heteroatoms. The van der Waals surface area contributed by atoms with E-state index < -0.39 is 6.04 Å². The van der Waals surface area contributed by atoms with Gasteiger partial charge in [-0.1, -0.05) is 61.7 Å². The van der Waals surface area contributed by atoms with Crippen LogP contribution in [0.3, 0.4) is 0 Å². The van der Waals surface area contributed by atoms with Gasteiger partial charge in [0.1, 0.15) is 12.6 Å². The largest absolute Gasteiger partial charge is 0.459 e. The standard InChI is InChI=1S/C28H36N2O3/c1-30-17-9-16-25(19-30)23-14-8-15-24(18-23)27(31)29-26(22-12-6-3-7-13-22)28(32)33-20-21-10-4-2-5-11-21/h2,4-5,8,10-11,14-15,18,22,25-26H,3,6-7,9,12-13,16-17,19-20H2,1H3,(H,29,31). The van der Waals surface area contributed by atoms with Crippen molar-refractivity contribution in [2.24, 2.45) is 5.92 Å². The maximum Gasteiger partial charge on any atom is 0.329 e. The Morgan fingerprint density at radius 2 is 1.79 bits per heavy atom. The second kappa shape index (κ2) is 11.5. The summed E-state index contributed by atoms with van der Waals surface area (Å²) in [6, 6.07) is 17.0. The van der Waals surface area contributed by atoms with Crippen molar-refractivity contribution in [1.82, 2.24) is 10.2 Å². The maximum atomic E-state index is 13.2. The summed E-state index contributed by atoms with van der Waals surface area (Å²) in [5, 5.41) is 3.05. The molecule has 2 aromatic rings. The number of hydrogen-bond acceptors (Lipinski definition) is 4. The molecule has 1 aliphatic carbocycles. The topological polar surface area (TPSA) is 58.6 Å². The first-order valence-electron chi connectivity index (χ1n) is 12.4. The van der Waals surface area contributed by atoms with Gasteiger partial charge in [0, 0.05) is 12.1 Å². The molecule has 1 heterocycles. The second-order valence-corrected chi connectivity index (χ2v) is 9.67. The van der Waals surface area contributed by atoms with E-state index >= 15 is 0 Å². The number of carbonyl (C=O) groups is 2. The molecule has 2 unspecified atom stereocenters. The van der Waals surface area contributed by atoms with Gasteiger partial charge in [-0.15, -0.1) is 0 Å². The molecule has 33 heavy (non-hydrogen) atoms. The number of amides is 1. The van der Waals surface area contributed by atoms with Crippen LogP contribution in [0.15, 0.2) is 54.6 Å². The molecule has 2 atom stereocenters. The highest BCUT2D eigenvalue weighted by molar-refractivity contribution is 5.97. The summed E-state index contributed by atoms with van der Waals surface area (Å²) in [5.74, 6) is 0.0556. The van der Waals surface area contributed by atoms with Crippen LogP contribution in [0.5, 0.6) is 0 Å². The van der Waals surface area contributed by atoms with Crippen LogP contribution in [0, 0.1) is 5.92 Å².